The van der Waals surface area contributed by atoms with Crippen LogP contribution in [0, 0.1) is 0 Å². The van der Waals surface area contributed by atoms with E-state index in [0.29, 0.717) is 0 Å². The van der Waals surface area contributed by atoms with Gasteiger partial charge in [-0.15, -0.1) is 0 Å². The van der Waals surface area contributed by atoms with Crippen LogP contribution in [0.15, 0.2) is 36.7 Å². The Balaban J connectivity index is 1.44. The van der Waals surface area contributed by atoms with Crippen molar-refractivity contribution in [2.24, 2.45) is 7.05 Å². The SMILES string of the molecule is COc1ccc(N2CCC[C@@]3(CN(Cc4cnn(C)c4)CCO3)C2)cc1. The second-order valence-electron chi connectivity index (χ2n) is 7.49. The maximum absolute atomic E-state index is 6.35. The lowest BCUT2D eigenvalue weighted by atomic mass is 9.90. The summed E-state index contributed by atoms with van der Waals surface area (Å²) in [5.41, 5.74) is 2.45. The number of ether oxygens (including phenoxy) is 2. The Labute approximate surface area is 155 Å². The summed E-state index contributed by atoms with van der Waals surface area (Å²) in [6.45, 7) is 5.74. The van der Waals surface area contributed by atoms with E-state index >= 15 is 0 Å². The molecule has 0 N–H and O–H groups in total. The van der Waals surface area contributed by atoms with Gasteiger partial charge in [-0.05, 0) is 37.1 Å². The van der Waals surface area contributed by atoms with Crippen molar-refractivity contribution in [3.05, 3.63) is 42.2 Å². The summed E-state index contributed by atoms with van der Waals surface area (Å²) in [7, 11) is 3.68. The van der Waals surface area contributed by atoms with Gasteiger partial charge in [-0.3, -0.25) is 9.58 Å². The fourth-order valence-corrected chi connectivity index (χ4v) is 4.23. The number of benzene rings is 1. The van der Waals surface area contributed by atoms with E-state index in [2.05, 4.69) is 33.2 Å². The van der Waals surface area contributed by atoms with E-state index < -0.39 is 0 Å². The molecule has 6 nitrogen and oxygen atoms in total. The van der Waals surface area contributed by atoms with Crippen molar-refractivity contribution in [1.29, 1.82) is 0 Å². The summed E-state index contributed by atoms with van der Waals surface area (Å²) in [6.07, 6.45) is 6.36. The molecule has 0 bridgehead atoms. The smallest absolute Gasteiger partial charge is 0.119 e. The lowest BCUT2D eigenvalue weighted by Gasteiger charge is -2.48. The molecule has 0 unspecified atom stereocenters. The third-order valence-electron chi connectivity index (χ3n) is 5.47. The molecule has 1 spiro atoms. The minimum atomic E-state index is -0.0708. The Morgan fingerprint density at radius 1 is 1.19 bits per heavy atom. The van der Waals surface area contributed by atoms with E-state index in [1.54, 1.807) is 7.11 Å². The fraction of sp³-hybridized carbons (Fsp3) is 0.550. The zero-order valence-corrected chi connectivity index (χ0v) is 15.7. The Morgan fingerprint density at radius 3 is 2.77 bits per heavy atom. The minimum absolute atomic E-state index is 0.0708. The average molecular weight is 356 g/mol. The zero-order valence-electron chi connectivity index (χ0n) is 15.7. The second-order valence-corrected chi connectivity index (χ2v) is 7.49. The van der Waals surface area contributed by atoms with Crippen LogP contribution in [-0.4, -0.2) is 60.2 Å². The number of piperidine rings is 1. The van der Waals surface area contributed by atoms with Crippen LogP contribution in [-0.2, 0) is 18.3 Å². The van der Waals surface area contributed by atoms with Crippen LogP contribution in [0.4, 0.5) is 5.69 Å². The summed E-state index contributed by atoms with van der Waals surface area (Å²) in [5.74, 6) is 0.900. The molecule has 2 aliphatic rings. The van der Waals surface area contributed by atoms with Gasteiger partial charge < -0.3 is 14.4 Å². The van der Waals surface area contributed by atoms with Crippen LogP contribution in [0.2, 0.25) is 0 Å². The number of rotatable bonds is 4. The third-order valence-corrected chi connectivity index (χ3v) is 5.47. The Morgan fingerprint density at radius 2 is 2.04 bits per heavy atom. The first kappa shape index (κ1) is 17.4. The summed E-state index contributed by atoms with van der Waals surface area (Å²) < 4.78 is 13.5. The van der Waals surface area contributed by atoms with Gasteiger partial charge in [0.2, 0.25) is 0 Å². The molecule has 4 rings (SSSR count). The quantitative estimate of drug-likeness (QED) is 0.841. The predicted octanol–water partition coefficient (Wildman–Crippen LogP) is 2.30. The monoisotopic (exact) mass is 356 g/mol. The van der Waals surface area contributed by atoms with E-state index in [4.69, 9.17) is 9.47 Å². The number of anilines is 1. The first-order chi connectivity index (χ1) is 12.7. The van der Waals surface area contributed by atoms with Crippen LogP contribution < -0.4 is 9.64 Å². The molecule has 3 heterocycles. The third kappa shape index (κ3) is 3.71. The Hall–Kier alpha value is -2.05. The molecule has 0 saturated carbocycles. The van der Waals surface area contributed by atoms with Crippen molar-refractivity contribution < 1.29 is 9.47 Å². The predicted molar refractivity (Wildman–Crippen MR) is 102 cm³/mol. The highest BCUT2D eigenvalue weighted by molar-refractivity contribution is 5.50. The summed E-state index contributed by atoms with van der Waals surface area (Å²) >= 11 is 0. The van der Waals surface area contributed by atoms with Crippen LogP contribution in [0.1, 0.15) is 18.4 Å². The fourth-order valence-electron chi connectivity index (χ4n) is 4.23. The first-order valence-corrected chi connectivity index (χ1v) is 9.39. The molecule has 26 heavy (non-hydrogen) atoms. The molecule has 2 saturated heterocycles. The van der Waals surface area contributed by atoms with Gasteiger partial charge in [0.05, 0.1) is 25.5 Å². The van der Waals surface area contributed by atoms with Crippen LogP contribution in [0.3, 0.4) is 0 Å². The summed E-state index contributed by atoms with van der Waals surface area (Å²) in [4.78, 5) is 4.97. The number of aryl methyl sites for hydroxylation is 1. The second kappa shape index (κ2) is 7.29. The molecule has 6 heteroatoms. The minimum Gasteiger partial charge on any atom is -0.497 e. The largest absolute Gasteiger partial charge is 0.497 e. The number of hydrogen-bond donors (Lipinski definition) is 0. The molecule has 2 aromatic rings. The number of nitrogens with zero attached hydrogens (tertiary/aromatic N) is 4. The van der Waals surface area contributed by atoms with Gasteiger partial charge in [0.25, 0.3) is 0 Å². The molecule has 0 aliphatic carbocycles. The zero-order chi connectivity index (χ0) is 18.0. The van der Waals surface area contributed by atoms with Gasteiger partial charge in [0, 0.05) is 57.2 Å². The standard InChI is InChI=1S/C20H28N4O2/c1-22-13-17(12-21-22)14-23-10-11-26-20(15-23)8-3-9-24(16-20)18-4-6-19(25-2)7-5-18/h4-7,12-13H,3,8-11,14-16H2,1-2H3/t20-/m1/s1. The van der Waals surface area contributed by atoms with Gasteiger partial charge in [-0.1, -0.05) is 0 Å². The number of methoxy groups -OCH3 is 1. The normalized spacial score (nSPS) is 24.2. The molecule has 0 amide bonds. The highest BCUT2D eigenvalue weighted by atomic mass is 16.5. The van der Waals surface area contributed by atoms with E-state index in [-0.39, 0.29) is 5.60 Å². The Bertz CT molecular complexity index is 726. The van der Waals surface area contributed by atoms with Crippen LogP contribution >= 0.6 is 0 Å². The van der Waals surface area contributed by atoms with Crippen LogP contribution in [0.5, 0.6) is 5.75 Å². The van der Waals surface area contributed by atoms with Gasteiger partial charge in [-0.25, -0.2) is 0 Å². The van der Waals surface area contributed by atoms with Crippen molar-refractivity contribution in [2.45, 2.75) is 25.0 Å². The Kier molecular flexibility index (Phi) is 4.87. The molecule has 1 aromatic carbocycles. The van der Waals surface area contributed by atoms with Crippen LogP contribution in [0.25, 0.3) is 0 Å². The van der Waals surface area contributed by atoms with E-state index in [1.165, 1.54) is 11.3 Å². The van der Waals surface area contributed by atoms with Crippen molar-refractivity contribution in [3.8, 4) is 5.75 Å². The maximum atomic E-state index is 6.35. The molecular weight excluding hydrogens is 328 g/mol. The van der Waals surface area contributed by atoms with E-state index in [9.17, 15) is 0 Å². The molecule has 2 aliphatic heterocycles. The lowest BCUT2D eigenvalue weighted by Crippen LogP contribution is -2.59. The molecule has 2 fully saturated rings. The van der Waals surface area contributed by atoms with Gasteiger partial charge in [-0.2, -0.15) is 5.10 Å². The first-order valence-electron chi connectivity index (χ1n) is 9.39. The summed E-state index contributed by atoms with van der Waals surface area (Å²) in [6, 6.07) is 8.36. The maximum Gasteiger partial charge on any atom is 0.119 e. The van der Waals surface area contributed by atoms with Crippen molar-refractivity contribution in [1.82, 2.24) is 14.7 Å². The summed E-state index contributed by atoms with van der Waals surface area (Å²) in [5, 5.41) is 4.29. The molecule has 140 valence electrons. The highest BCUT2D eigenvalue weighted by Gasteiger charge is 2.40. The van der Waals surface area contributed by atoms with Gasteiger partial charge >= 0.3 is 0 Å². The molecule has 1 atom stereocenters. The van der Waals surface area contributed by atoms with Crippen molar-refractivity contribution in [2.75, 3.05) is 44.8 Å². The topological polar surface area (TPSA) is 42.8 Å². The highest BCUT2D eigenvalue weighted by Crippen LogP contribution is 2.32. The van der Waals surface area contributed by atoms with Crippen molar-refractivity contribution >= 4 is 5.69 Å². The van der Waals surface area contributed by atoms with E-state index in [1.807, 2.05) is 30.1 Å². The molecule has 1 aromatic heterocycles. The van der Waals surface area contributed by atoms with Crippen molar-refractivity contribution in [3.63, 3.8) is 0 Å². The lowest BCUT2D eigenvalue weighted by molar-refractivity contribution is -0.116. The van der Waals surface area contributed by atoms with Gasteiger partial charge in [0.1, 0.15) is 5.75 Å². The number of hydrogen-bond acceptors (Lipinski definition) is 5. The average Bonchev–Trinajstić information content (AvgIpc) is 3.06. The molecular formula is C20H28N4O2. The number of morpholine rings is 1. The number of aromatic nitrogens is 2. The van der Waals surface area contributed by atoms with Gasteiger partial charge in [0.15, 0.2) is 0 Å². The molecule has 0 radical (unpaired) electrons. The van der Waals surface area contributed by atoms with E-state index in [0.717, 1.165) is 57.9 Å².